The van der Waals surface area contributed by atoms with Crippen molar-refractivity contribution in [3.8, 4) is 0 Å². The monoisotopic (exact) mass is 204 g/mol. The van der Waals surface area contributed by atoms with E-state index >= 15 is 0 Å². The van der Waals surface area contributed by atoms with E-state index in [1.807, 2.05) is 0 Å². The van der Waals surface area contributed by atoms with E-state index in [4.69, 9.17) is 15.9 Å². The van der Waals surface area contributed by atoms with Gasteiger partial charge in [0.05, 0.1) is 0 Å². The minimum atomic E-state index is 0.306. The van der Waals surface area contributed by atoms with E-state index in [0.717, 1.165) is 55.9 Å². The molecule has 0 aromatic carbocycles. The minimum absolute atomic E-state index is 0.306. The maximum absolute atomic E-state index is 5.50. The van der Waals surface area contributed by atoms with Gasteiger partial charge in [0.15, 0.2) is 0 Å². The average molecular weight is 204 g/mol. The summed E-state index contributed by atoms with van der Waals surface area (Å²) in [5.41, 5.74) is 11.3. The van der Waals surface area contributed by atoms with Gasteiger partial charge in [0.25, 0.3) is 0 Å². The fraction of sp³-hybridized carbons (Fsp3) is 1.00. The van der Waals surface area contributed by atoms with Gasteiger partial charge in [0.2, 0.25) is 0 Å². The van der Waals surface area contributed by atoms with E-state index in [0.29, 0.717) is 5.41 Å². The third-order valence-electron chi connectivity index (χ3n) is 2.46. The highest BCUT2D eigenvalue weighted by molar-refractivity contribution is 5.97. The molecule has 0 saturated carbocycles. The van der Waals surface area contributed by atoms with Crippen LogP contribution in [0.4, 0.5) is 0 Å². The molecule has 0 aromatic rings. The molecule has 0 radical (unpaired) electrons. The Labute approximate surface area is 84.7 Å². The van der Waals surface area contributed by atoms with Crippen LogP contribution in [0.1, 0.15) is 32.6 Å². The summed E-state index contributed by atoms with van der Waals surface area (Å²) < 4.78 is 5.36. The van der Waals surface area contributed by atoms with Crippen LogP contribution in [0, 0.1) is 5.41 Å². The van der Waals surface area contributed by atoms with Gasteiger partial charge in [-0.25, -0.2) is 0 Å². The molecule has 13 heavy (non-hydrogen) atoms. The minimum Gasteiger partial charge on any atom is -0.427 e. The first-order chi connectivity index (χ1) is 6.18. The molecule has 0 spiro atoms. The summed E-state index contributed by atoms with van der Waals surface area (Å²) in [4.78, 5) is 0. The third kappa shape index (κ3) is 6.21. The Balaban J connectivity index is 3.84. The Kier molecular flexibility index (Phi) is 7.55. The first-order valence-corrected chi connectivity index (χ1v) is 5.89. The first-order valence-electron chi connectivity index (χ1n) is 5.07. The summed E-state index contributed by atoms with van der Waals surface area (Å²) in [7, 11) is 0.825. The molecule has 0 fully saturated rings. The lowest BCUT2D eigenvalue weighted by Gasteiger charge is -2.28. The average Bonchev–Trinajstić information content (AvgIpc) is 2.12. The fourth-order valence-corrected chi connectivity index (χ4v) is 2.37. The highest BCUT2D eigenvalue weighted by Crippen LogP contribution is 2.28. The molecule has 0 aromatic heterocycles. The van der Waals surface area contributed by atoms with Crippen LogP contribution in [0.25, 0.3) is 0 Å². The zero-order valence-corrected chi connectivity index (χ0v) is 11.0. The zero-order chi connectivity index (χ0) is 10.2. The van der Waals surface area contributed by atoms with E-state index in [1.54, 1.807) is 0 Å². The smallest absolute Gasteiger partial charge is 0.145 e. The van der Waals surface area contributed by atoms with Gasteiger partial charge >= 0.3 is 0 Å². The highest BCUT2D eigenvalue weighted by atomic mass is 28.2. The van der Waals surface area contributed by atoms with Crippen molar-refractivity contribution in [2.75, 3.05) is 19.7 Å². The largest absolute Gasteiger partial charge is 0.427 e. The molecule has 3 nitrogen and oxygen atoms in total. The van der Waals surface area contributed by atoms with Gasteiger partial charge < -0.3 is 15.9 Å². The number of hydrogen-bond acceptors (Lipinski definition) is 3. The van der Waals surface area contributed by atoms with Gasteiger partial charge in [-0.3, -0.25) is 0 Å². The summed E-state index contributed by atoms with van der Waals surface area (Å²) in [5.74, 6) is 0. The molecule has 4 heteroatoms. The molecule has 0 saturated heterocycles. The van der Waals surface area contributed by atoms with Crippen molar-refractivity contribution in [1.29, 1.82) is 0 Å². The van der Waals surface area contributed by atoms with Crippen LogP contribution in [0.3, 0.4) is 0 Å². The van der Waals surface area contributed by atoms with Gasteiger partial charge in [0, 0.05) is 6.61 Å². The lowest BCUT2D eigenvalue weighted by atomic mass is 9.82. The van der Waals surface area contributed by atoms with E-state index in [-0.39, 0.29) is 0 Å². The summed E-state index contributed by atoms with van der Waals surface area (Å²) in [6, 6.07) is 0. The molecular formula is C9H24N2OSi. The summed E-state index contributed by atoms with van der Waals surface area (Å²) in [6.45, 7) is 4.70. The van der Waals surface area contributed by atoms with Gasteiger partial charge in [-0.15, -0.1) is 0 Å². The predicted octanol–water partition coefficient (Wildman–Crippen LogP) is -0.232. The van der Waals surface area contributed by atoms with Crippen molar-refractivity contribution < 1.29 is 4.43 Å². The van der Waals surface area contributed by atoms with Gasteiger partial charge in [-0.2, -0.15) is 0 Å². The molecule has 0 rings (SSSR count). The quantitative estimate of drug-likeness (QED) is 0.537. The number of hydrogen-bond donors (Lipinski definition) is 2. The second-order valence-electron chi connectivity index (χ2n) is 4.03. The maximum atomic E-state index is 5.50. The van der Waals surface area contributed by atoms with E-state index < -0.39 is 0 Å². The molecule has 0 aliphatic heterocycles. The second kappa shape index (κ2) is 7.50. The molecule has 0 atom stereocenters. The fourth-order valence-electron chi connectivity index (χ4n) is 1.68. The van der Waals surface area contributed by atoms with Crippen LogP contribution < -0.4 is 11.5 Å². The summed E-state index contributed by atoms with van der Waals surface area (Å²) in [5, 5.41) is 0. The van der Waals surface area contributed by atoms with Crippen LogP contribution in [0.15, 0.2) is 0 Å². The van der Waals surface area contributed by atoms with Crippen molar-refractivity contribution in [2.24, 2.45) is 16.9 Å². The molecule has 0 aliphatic carbocycles. The van der Waals surface area contributed by atoms with Crippen molar-refractivity contribution in [3.63, 3.8) is 0 Å². The van der Waals surface area contributed by atoms with Crippen molar-refractivity contribution in [2.45, 2.75) is 32.6 Å². The van der Waals surface area contributed by atoms with E-state index in [9.17, 15) is 0 Å². The Bertz CT molecular complexity index is 114. The molecular weight excluding hydrogens is 180 g/mol. The molecule has 80 valence electrons. The highest BCUT2D eigenvalue weighted by Gasteiger charge is 2.22. The number of rotatable bonds is 8. The standard InChI is InChI=1S/C9H24N2OSi/c1-9(8-12-13,4-2-6-10)5-3-7-11/h2-8,10-11H2,1,13H3. The SMILES string of the molecule is CC(CCCN)(CCCN)CO[SiH3]. The Morgan fingerprint density at radius 1 is 1.15 bits per heavy atom. The van der Waals surface area contributed by atoms with E-state index in [1.165, 1.54) is 0 Å². The van der Waals surface area contributed by atoms with Gasteiger partial charge in [-0.1, -0.05) is 6.92 Å². The van der Waals surface area contributed by atoms with Crippen LogP contribution >= 0.6 is 0 Å². The lowest BCUT2D eigenvalue weighted by Crippen LogP contribution is -2.25. The molecule has 0 heterocycles. The summed E-state index contributed by atoms with van der Waals surface area (Å²) >= 11 is 0. The Morgan fingerprint density at radius 2 is 1.62 bits per heavy atom. The first kappa shape index (κ1) is 13.1. The Hall–Kier alpha value is 0.0969. The summed E-state index contributed by atoms with van der Waals surface area (Å²) in [6.07, 6.45) is 4.50. The molecule has 4 N–H and O–H groups in total. The molecule has 0 amide bonds. The van der Waals surface area contributed by atoms with Gasteiger partial charge in [-0.05, 0) is 44.2 Å². The number of nitrogens with two attached hydrogens (primary N) is 2. The lowest BCUT2D eigenvalue weighted by molar-refractivity contribution is 0.146. The predicted molar refractivity (Wildman–Crippen MR) is 60.6 cm³/mol. The Morgan fingerprint density at radius 3 is 1.92 bits per heavy atom. The van der Waals surface area contributed by atoms with Crippen molar-refractivity contribution in [1.82, 2.24) is 0 Å². The van der Waals surface area contributed by atoms with Crippen LogP contribution in [-0.2, 0) is 4.43 Å². The van der Waals surface area contributed by atoms with Crippen LogP contribution in [-0.4, -0.2) is 30.2 Å². The molecule has 0 bridgehead atoms. The van der Waals surface area contributed by atoms with Crippen LogP contribution in [0.5, 0.6) is 0 Å². The maximum Gasteiger partial charge on any atom is 0.145 e. The van der Waals surface area contributed by atoms with E-state index in [2.05, 4.69) is 6.92 Å². The zero-order valence-electron chi connectivity index (χ0n) is 9.01. The third-order valence-corrected chi connectivity index (χ3v) is 2.75. The normalized spacial score (nSPS) is 12.2. The topological polar surface area (TPSA) is 61.3 Å². The van der Waals surface area contributed by atoms with Crippen molar-refractivity contribution >= 4 is 10.5 Å². The second-order valence-corrected chi connectivity index (χ2v) is 4.61. The van der Waals surface area contributed by atoms with Crippen LogP contribution in [0.2, 0.25) is 0 Å². The van der Waals surface area contributed by atoms with Crippen molar-refractivity contribution in [3.05, 3.63) is 0 Å². The van der Waals surface area contributed by atoms with Gasteiger partial charge in [0.1, 0.15) is 10.5 Å². The molecule has 0 aliphatic rings. The molecule has 0 unspecified atom stereocenters.